The van der Waals surface area contributed by atoms with Crippen molar-refractivity contribution in [3.8, 4) is 5.75 Å². The molecule has 0 spiro atoms. The first-order chi connectivity index (χ1) is 8.72. The van der Waals surface area contributed by atoms with Crippen LogP contribution < -0.4 is 10.1 Å². The number of rotatable bonds is 5. The van der Waals surface area contributed by atoms with Gasteiger partial charge in [0.25, 0.3) is 0 Å². The summed E-state index contributed by atoms with van der Waals surface area (Å²) in [6, 6.07) is 9.03. The van der Waals surface area contributed by atoms with Crippen LogP contribution in [0.5, 0.6) is 5.75 Å². The lowest BCUT2D eigenvalue weighted by Gasteiger charge is -2.07. The Hall–Kier alpha value is -1.65. The maximum atomic E-state index is 8.88. The van der Waals surface area contributed by atoms with Crippen molar-refractivity contribution < 1.29 is 14.3 Å². The standard InChI is InChI=1S/C13H14ClNO3/c1-17-13-5-2-9(6-12(13)14)15-7-10-3-4-11(8-16)18-10/h2-6,15-16H,7-8H2,1H3. The molecule has 4 nitrogen and oxygen atoms in total. The molecule has 0 aliphatic heterocycles. The number of anilines is 1. The van der Waals surface area contributed by atoms with E-state index in [0.29, 0.717) is 23.1 Å². The average molecular weight is 268 g/mol. The van der Waals surface area contributed by atoms with Crippen molar-refractivity contribution in [2.75, 3.05) is 12.4 Å². The van der Waals surface area contributed by atoms with Gasteiger partial charge >= 0.3 is 0 Å². The molecule has 0 saturated carbocycles. The van der Waals surface area contributed by atoms with E-state index < -0.39 is 0 Å². The van der Waals surface area contributed by atoms with E-state index in [-0.39, 0.29) is 6.61 Å². The van der Waals surface area contributed by atoms with Gasteiger partial charge in [-0.1, -0.05) is 11.6 Å². The second-order valence-electron chi connectivity index (χ2n) is 3.73. The second-order valence-corrected chi connectivity index (χ2v) is 4.14. The van der Waals surface area contributed by atoms with Gasteiger partial charge in [-0.05, 0) is 30.3 Å². The lowest BCUT2D eigenvalue weighted by atomic mass is 10.3. The number of nitrogens with one attached hydrogen (secondary N) is 1. The Morgan fingerprint density at radius 1 is 1.28 bits per heavy atom. The van der Waals surface area contributed by atoms with Crippen LogP contribution in [0, 0.1) is 0 Å². The molecular weight excluding hydrogens is 254 g/mol. The molecule has 0 radical (unpaired) electrons. The van der Waals surface area contributed by atoms with Crippen LogP contribution in [-0.2, 0) is 13.2 Å². The van der Waals surface area contributed by atoms with Gasteiger partial charge < -0.3 is 19.6 Å². The van der Waals surface area contributed by atoms with Gasteiger partial charge in [0.05, 0.1) is 18.7 Å². The number of ether oxygens (including phenoxy) is 1. The Kier molecular flexibility index (Phi) is 4.12. The smallest absolute Gasteiger partial charge is 0.137 e. The molecule has 1 aromatic carbocycles. The van der Waals surface area contributed by atoms with E-state index in [1.807, 2.05) is 12.1 Å². The SMILES string of the molecule is COc1ccc(NCc2ccc(CO)o2)cc1Cl. The van der Waals surface area contributed by atoms with Gasteiger partial charge in [0.1, 0.15) is 23.9 Å². The maximum Gasteiger partial charge on any atom is 0.137 e. The number of furan rings is 1. The van der Waals surface area contributed by atoms with Gasteiger partial charge in [-0.3, -0.25) is 0 Å². The van der Waals surface area contributed by atoms with E-state index in [2.05, 4.69) is 5.32 Å². The van der Waals surface area contributed by atoms with E-state index in [1.54, 1.807) is 25.3 Å². The zero-order valence-electron chi connectivity index (χ0n) is 9.94. The molecule has 0 unspecified atom stereocenters. The van der Waals surface area contributed by atoms with Crippen molar-refractivity contribution in [2.24, 2.45) is 0 Å². The number of aliphatic hydroxyl groups excluding tert-OH is 1. The molecule has 0 atom stereocenters. The number of halogens is 1. The Morgan fingerprint density at radius 3 is 2.67 bits per heavy atom. The fraction of sp³-hybridized carbons (Fsp3) is 0.231. The Balaban J connectivity index is 1.99. The number of methoxy groups -OCH3 is 1. The third kappa shape index (κ3) is 2.97. The molecule has 0 bridgehead atoms. The predicted molar refractivity (Wildman–Crippen MR) is 70.0 cm³/mol. The summed E-state index contributed by atoms with van der Waals surface area (Å²) < 4.78 is 10.4. The van der Waals surface area contributed by atoms with Crippen LogP contribution in [0.3, 0.4) is 0 Å². The first-order valence-corrected chi connectivity index (χ1v) is 5.86. The van der Waals surface area contributed by atoms with Gasteiger partial charge in [0.15, 0.2) is 0 Å². The summed E-state index contributed by atoms with van der Waals surface area (Å²) >= 11 is 6.02. The molecular formula is C13H14ClNO3. The molecule has 2 N–H and O–H groups in total. The van der Waals surface area contributed by atoms with Crippen LogP contribution in [0.25, 0.3) is 0 Å². The third-order valence-electron chi connectivity index (χ3n) is 2.49. The summed E-state index contributed by atoms with van der Waals surface area (Å²) in [5.74, 6) is 1.95. The Labute approximate surface area is 110 Å². The number of aliphatic hydroxyl groups is 1. The highest BCUT2D eigenvalue weighted by Crippen LogP contribution is 2.27. The second kappa shape index (κ2) is 5.80. The van der Waals surface area contributed by atoms with Crippen LogP contribution >= 0.6 is 11.6 Å². The highest BCUT2D eigenvalue weighted by atomic mass is 35.5. The van der Waals surface area contributed by atoms with Crippen molar-refractivity contribution in [3.05, 3.63) is 46.9 Å². The minimum absolute atomic E-state index is 0.0889. The van der Waals surface area contributed by atoms with Crippen LogP contribution in [0.15, 0.2) is 34.7 Å². The van der Waals surface area contributed by atoms with E-state index in [4.69, 9.17) is 25.9 Å². The monoisotopic (exact) mass is 267 g/mol. The largest absolute Gasteiger partial charge is 0.495 e. The first-order valence-electron chi connectivity index (χ1n) is 5.49. The summed E-state index contributed by atoms with van der Waals surface area (Å²) in [5, 5.41) is 12.6. The highest BCUT2D eigenvalue weighted by Gasteiger charge is 2.03. The summed E-state index contributed by atoms with van der Waals surface area (Å²) in [6.07, 6.45) is 0. The minimum Gasteiger partial charge on any atom is -0.495 e. The fourth-order valence-corrected chi connectivity index (χ4v) is 1.83. The van der Waals surface area contributed by atoms with Crippen LogP contribution in [0.1, 0.15) is 11.5 Å². The molecule has 1 aromatic heterocycles. The molecule has 5 heteroatoms. The van der Waals surface area contributed by atoms with Crippen LogP contribution in [0.2, 0.25) is 5.02 Å². The van der Waals surface area contributed by atoms with E-state index in [9.17, 15) is 0 Å². The summed E-state index contributed by atoms with van der Waals surface area (Å²) in [6.45, 7) is 0.441. The normalized spacial score (nSPS) is 10.4. The quantitative estimate of drug-likeness (QED) is 0.874. The zero-order chi connectivity index (χ0) is 13.0. The van der Waals surface area contributed by atoms with Crippen molar-refractivity contribution in [3.63, 3.8) is 0 Å². The average Bonchev–Trinajstić information content (AvgIpc) is 2.84. The van der Waals surface area contributed by atoms with Gasteiger partial charge in [-0.2, -0.15) is 0 Å². The zero-order valence-corrected chi connectivity index (χ0v) is 10.7. The third-order valence-corrected chi connectivity index (χ3v) is 2.79. The Bertz CT molecular complexity index is 525. The molecule has 0 amide bonds. The van der Waals surface area contributed by atoms with Crippen molar-refractivity contribution >= 4 is 17.3 Å². The van der Waals surface area contributed by atoms with Crippen LogP contribution in [0.4, 0.5) is 5.69 Å². The van der Waals surface area contributed by atoms with Crippen LogP contribution in [-0.4, -0.2) is 12.2 Å². The number of benzene rings is 1. The van der Waals surface area contributed by atoms with Crippen molar-refractivity contribution in [1.82, 2.24) is 0 Å². The predicted octanol–water partition coefficient (Wildman–Crippen LogP) is 3.05. The lowest BCUT2D eigenvalue weighted by Crippen LogP contribution is -1.98. The molecule has 2 aromatic rings. The maximum absolute atomic E-state index is 8.88. The highest BCUT2D eigenvalue weighted by molar-refractivity contribution is 6.32. The number of hydrogen-bond acceptors (Lipinski definition) is 4. The molecule has 0 aliphatic rings. The van der Waals surface area contributed by atoms with Crippen molar-refractivity contribution in [1.29, 1.82) is 0 Å². The first kappa shape index (κ1) is 12.8. The van der Waals surface area contributed by atoms with E-state index >= 15 is 0 Å². The molecule has 0 fully saturated rings. The molecule has 2 rings (SSSR count). The molecule has 0 saturated heterocycles. The molecule has 1 heterocycles. The molecule has 96 valence electrons. The fourth-order valence-electron chi connectivity index (χ4n) is 1.57. The van der Waals surface area contributed by atoms with Crippen molar-refractivity contribution in [2.45, 2.75) is 13.2 Å². The minimum atomic E-state index is -0.0889. The lowest BCUT2D eigenvalue weighted by molar-refractivity contribution is 0.244. The Morgan fingerprint density at radius 2 is 2.06 bits per heavy atom. The van der Waals surface area contributed by atoms with Gasteiger partial charge in [-0.25, -0.2) is 0 Å². The van der Waals surface area contributed by atoms with E-state index in [0.717, 1.165) is 11.4 Å². The summed E-state index contributed by atoms with van der Waals surface area (Å²) in [7, 11) is 1.58. The summed E-state index contributed by atoms with van der Waals surface area (Å²) in [4.78, 5) is 0. The summed E-state index contributed by atoms with van der Waals surface area (Å²) in [5.41, 5.74) is 0.878. The molecule has 0 aliphatic carbocycles. The topological polar surface area (TPSA) is 54.6 Å². The van der Waals surface area contributed by atoms with Gasteiger partial charge in [0, 0.05) is 5.69 Å². The van der Waals surface area contributed by atoms with Gasteiger partial charge in [-0.15, -0.1) is 0 Å². The van der Waals surface area contributed by atoms with E-state index in [1.165, 1.54) is 0 Å². The number of hydrogen-bond donors (Lipinski definition) is 2. The van der Waals surface area contributed by atoms with Gasteiger partial charge in [0.2, 0.25) is 0 Å². The molecule has 18 heavy (non-hydrogen) atoms.